The molecule has 0 spiro atoms. The number of nitrogens with zero attached hydrogens (tertiary/aromatic N) is 3. The van der Waals surface area contributed by atoms with Crippen LogP contribution in [-0.4, -0.2) is 44.0 Å². The van der Waals surface area contributed by atoms with Crippen molar-refractivity contribution in [2.24, 2.45) is 0 Å². The monoisotopic (exact) mass is 258 g/mol. The van der Waals surface area contributed by atoms with Crippen LogP contribution in [-0.2, 0) is 21.9 Å². The number of aromatic nitrogens is 3. The summed E-state index contributed by atoms with van der Waals surface area (Å²) < 4.78 is 1.75. The predicted molar refractivity (Wildman–Crippen MR) is 62.5 cm³/mol. The Morgan fingerprint density at radius 3 is 3.12 bits per heavy atom. The van der Waals surface area contributed by atoms with Crippen LogP contribution in [0.3, 0.4) is 0 Å². The lowest BCUT2D eigenvalue weighted by Crippen LogP contribution is -2.37. The molecule has 0 aliphatic carbocycles. The van der Waals surface area contributed by atoms with Gasteiger partial charge in [-0.15, -0.1) is 0 Å². The second-order valence-corrected chi connectivity index (χ2v) is 4.21. The van der Waals surface area contributed by atoms with Crippen LogP contribution >= 0.6 is 11.8 Å². The van der Waals surface area contributed by atoms with E-state index >= 15 is 0 Å². The molecular weight excluding hydrogens is 244 g/mol. The third-order valence-electron chi connectivity index (χ3n) is 2.08. The van der Waals surface area contributed by atoms with Gasteiger partial charge in [0.2, 0.25) is 6.41 Å². The molecule has 1 aromatic rings. The van der Waals surface area contributed by atoms with Gasteiger partial charge in [0.05, 0.1) is 5.75 Å². The zero-order chi connectivity index (χ0) is 12.7. The fourth-order valence-electron chi connectivity index (χ4n) is 1.20. The van der Waals surface area contributed by atoms with E-state index in [1.807, 2.05) is 6.92 Å². The maximum atomic E-state index is 10.7. The van der Waals surface area contributed by atoms with Gasteiger partial charge in [-0.2, -0.15) is 16.9 Å². The number of thioether (sulfide) groups is 1. The minimum Gasteiger partial charge on any atom is -0.480 e. The van der Waals surface area contributed by atoms with E-state index in [1.54, 1.807) is 4.68 Å². The Hall–Kier alpha value is -1.57. The highest BCUT2D eigenvalue weighted by molar-refractivity contribution is 7.98. The van der Waals surface area contributed by atoms with Gasteiger partial charge in [0, 0.05) is 12.3 Å². The lowest BCUT2D eigenvalue weighted by atomic mass is 10.3. The van der Waals surface area contributed by atoms with Gasteiger partial charge in [0.15, 0.2) is 0 Å². The zero-order valence-corrected chi connectivity index (χ0v) is 10.2. The third kappa shape index (κ3) is 4.06. The van der Waals surface area contributed by atoms with Crippen molar-refractivity contribution in [3.8, 4) is 0 Å². The van der Waals surface area contributed by atoms with Crippen LogP contribution < -0.4 is 5.32 Å². The van der Waals surface area contributed by atoms with Crippen LogP contribution in [0.4, 0.5) is 0 Å². The first-order valence-electron chi connectivity index (χ1n) is 5.06. The fraction of sp³-hybridized carbons (Fsp3) is 0.556. The Morgan fingerprint density at radius 1 is 1.76 bits per heavy atom. The van der Waals surface area contributed by atoms with E-state index in [2.05, 4.69) is 15.4 Å². The molecule has 1 amide bonds. The van der Waals surface area contributed by atoms with Crippen LogP contribution in [0, 0.1) is 0 Å². The Balaban J connectivity index is 2.40. The molecule has 17 heavy (non-hydrogen) atoms. The van der Waals surface area contributed by atoms with Gasteiger partial charge in [-0.3, -0.25) is 4.79 Å². The SMILES string of the molecule is CCn1ncnc1CSCC(NC=O)C(=O)O. The maximum absolute atomic E-state index is 10.7. The first-order chi connectivity index (χ1) is 8.19. The van der Waals surface area contributed by atoms with Crippen LogP contribution in [0.1, 0.15) is 12.7 Å². The number of nitrogens with one attached hydrogen (secondary N) is 1. The number of carboxylic acid groups (broad SMARTS) is 1. The van der Waals surface area contributed by atoms with E-state index < -0.39 is 12.0 Å². The summed E-state index contributed by atoms with van der Waals surface area (Å²) in [5.41, 5.74) is 0. The fourth-order valence-corrected chi connectivity index (χ4v) is 2.20. The molecule has 1 atom stereocenters. The number of hydrogen-bond donors (Lipinski definition) is 2. The average molecular weight is 258 g/mol. The minimum atomic E-state index is -1.04. The molecule has 0 radical (unpaired) electrons. The number of carbonyl (C=O) groups is 2. The maximum Gasteiger partial charge on any atom is 0.327 e. The molecule has 0 saturated heterocycles. The average Bonchev–Trinajstić information content (AvgIpc) is 2.75. The van der Waals surface area contributed by atoms with Gasteiger partial charge in [-0.1, -0.05) is 0 Å². The second-order valence-electron chi connectivity index (χ2n) is 3.18. The van der Waals surface area contributed by atoms with Crippen molar-refractivity contribution >= 4 is 24.1 Å². The summed E-state index contributed by atoms with van der Waals surface area (Å²) in [6.07, 6.45) is 1.87. The molecule has 0 aliphatic heterocycles. The molecule has 2 N–H and O–H groups in total. The minimum absolute atomic E-state index is 0.296. The molecule has 1 unspecified atom stereocenters. The standard InChI is InChI=1S/C9H14N4O3S/c1-2-13-8(10-5-12-13)4-17-3-7(9(15)16)11-6-14/h5-7H,2-4H2,1H3,(H,11,14)(H,15,16). The molecule has 7 nitrogen and oxygen atoms in total. The number of aliphatic carboxylic acids is 1. The van der Waals surface area contributed by atoms with Crippen LogP contribution in [0.15, 0.2) is 6.33 Å². The summed E-state index contributed by atoms with van der Waals surface area (Å²) in [5, 5.41) is 15.0. The van der Waals surface area contributed by atoms with E-state index in [0.717, 1.165) is 12.4 Å². The Morgan fingerprint density at radius 2 is 2.53 bits per heavy atom. The second kappa shape index (κ2) is 6.89. The van der Waals surface area contributed by atoms with Crippen LogP contribution in [0.25, 0.3) is 0 Å². The molecule has 1 heterocycles. The number of aryl methyl sites for hydroxylation is 1. The Bertz CT molecular complexity index is 382. The van der Waals surface area contributed by atoms with Gasteiger partial charge in [0.1, 0.15) is 18.2 Å². The summed E-state index contributed by atoms with van der Waals surface area (Å²) in [5.74, 6) is 0.623. The topological polar surface area (TPSA) is 97.1 Å². The van der Waals surface area contributed by atoms with Gasteiger partial charge in [-0.25, -0.2) is 14.5 Å². The summed E-state index contributed by atoms with van der Waals surface area (Å²) >= 11 is 1.39. The van der Waals surface area contributed by atoms with Crippen molar-refractivity contribution in [2.45, 2.75) is 25.3 Å². The molecule has 0 bridgehead atoms. The van der Waals surface area contributed by atoms with Gasteiger partial charge in [0.25, 0.3) is 0 Å². The van der Waals surface area contributed by atoms with Crippen molar-refractivity contribution in [1.82, 2.24) is 20.1 Å². The van der Waals surface area contributed by atoms with Crippen LogP contribution in [0.5, 0.6) is 0 Å². The molecule has 8 heteroatoms. The summed E-state index contributed by atoms with van der Waals surface area (Å²) in [7, 11) is 0. The lowest BCUT2D eigenvalue weighted by molar-refractivity contribution is -0.139. The third-order valence-corrected chi connectivity index (χ3v) is 3.11. The largest absolute Gasteiger partial charge is 0.480 e. The van der Waals surface area contributed by atoms with Crippen molar-refractivity contribution in [3.63, 3.8) is 0 Å². The number of hydrogen-bond acceptors (Lipinski definition) is 5. The van der Waals surface area contributed by atoms with Crippen molar-refractivity contribution in [1.29, 1.82) is 0 Å². The van der Waals surface area contributed by atoms with Gasteiger partial charge >= 0.3 is 5.97 Å². The first-order valence-corrected chi connectivity index (χ1v) is 6.21. The highest BCUT2D eigenvalue weighted by atomic mass is 32.2. The number of carbonyl (C=O) groups excluding carboxylic acids is 1. The molecule has 0 aromatic carbocycles. The van der Waals surface area contributed by atoms with E-state index in [-0.39, 0.29) is 0 Å². The van der Waals surface area contributed by atoms with Crippen LogP contribution in [0.2, 0.25) is 0 Å². The Kier molecular flexibility index (Phi) is 5.47. The molecule has 0 fully saturated rings. The highest BCUT2D eigenvalue weighted by Gasteiger charge is 2.16. The van der Waals surface area contributed by atoms with E-state index in [9.17, 15) is 9.59 Å². The van der Waals surface area contributed by atoms with Crippen molar-refractivity contribution in [3.05, 3.63) is 12.2 Å². The summed E-state index contributed by atoms with van der Waals surface area (Å²) in [6.45, 7) is 2.68. The molecule has 0 saturated carbocycles. The van der Waals surface area contributed by atoms with E-state index in [0.29, 0.717) is 17.9 Å². The number of rotatable bonds is 8. The molecule has 0 aliphatic rings. The first kappa shape index (κ1) is 13.5. The van der Waals surface area contributed by atoms with Crippen molar-refractivity contribution < 1.29 is 14.7 Å². The number of carboxylic acids is 1. The van der Waals surface area contributed by atoms with Crippen molar-refractivity contribution in [2.75, 3.05) is 5.75 Å². The smallest absolute Gasteiger partial charge is 0.327 e. The molecule has 94 valence electrons. The van der Waals surface area contributed by atoms with E-state index in [1.165, 1.54) is 18.1 Å². The zero-order valence-electron chi connectivity index (χ0n) is 9.37. The van der Waals surface area contributed by atoms with Gasteiger partial charge in [-0.05, 0) is 6.92 Å². The normalized spacial score (nSPS) is 12.1. The number of amides is 1. The molecule has 1 rings (SSSR count). The summed E-state index contributed by atoms with van der Waals surface area (Å²) in [4.78, 5) is 25.0. The quantitative estimate of drug-likeness (QED) is 0.623. The van der Waals surface area contributed by atoms with Gasteiger partial charge < -0.3 is 10.4 Å². The summed E-state index contributed by atoms with van der Waals surface area (Å²) in [6, 6.07) is -0.865. The Labute approximate surface area is 103 Å². The molecular formula is C9H14N4O3S. The molecule has 1 aromatic heterocycles. The predicted octanol–water partition coefficient (Wildman–Crippen LogP) is -0.270. The lowest BCUT2D eigenvalue weighted by Gasteiger charge is -2.10. The van der Waals surface area contributed by atoms with E-state index in [4.69, 9.17) is 5.11 Å². The highest BCUT2D eigenvalue weighted by Crippen LogP contribution is 2.11.